The van der Waals surface area contributed by atoms with Crippen molar-refractivity contribution in [3.63, 3.8) is 0 Å². The third-order valence-electron chi connectivity index (χ3n) is 3.47. The van der Waals surface area contributed by atoms with E-state index in [0.717, 1.165) is 5.56 Å². The van der Waals surface area contributed by atoms with Crippen molar-refractivity contribution in [2.75, 3.05) is 0 Å². The molecular formula is C19H22O4. The van der Waals surface area contributed by atoms with Gasteiger partial charge >= 0.3 is 5.97 Å². The molecule has 4 heteroatoms. The number of benzene rings is 1. The van der Waals surface area contributed by atoms with Crippen molar-refractivity contribution < 1.29 is 19.7 Å². The largest absolute Gasteiger partial charge is 0.455 e. The van der Waals surface area contributed by atoms with Gasteiger partial charge in [-0.25, -0.2) is 4.79 Å². The van der Waals surface area contributed by atoms with Crippen molar-refractivity contribution >= 4 is 12.0 Å². The molecule has 0 spiro atoms. The summed E-state index contributed by atoms with van der Waals surface area (Å²) in [7, 11) is 0. The second-order valence-electron chi connectivity index (χ2n) is 5.50. The van der Waals surface area contributed by atoms with E-state index in [0.29, 0.717) is 12.8 Å². The molecule has 0 bridgehead atoms. The summed E-state index contributed by atoms with van der Waals surface area (Å²) < 4.78 is 5.08. The first-order valence-corrected chi connectivity index (χ1v) is 7.76. The van der Waals surface area contributed by atoms with Crippen LogP contribution >= 0.6 is 0 Å². The smallest absolute Gasteiger partial charge is 0.331 e. The molecule has 1 aliphatic rings. The highest BCUT2D eigenvalue weighted by molar-refractivity contribution is 5.82. The monoisotopic (exact) mass is 314 g/mol. The highest BCUT2D eigenvalue weighted by Crippen LogP contribution is 2.11. The van der Waals surface area contributed by atoms with Crippen LogP contribution in [0, 0.1) is 0 Å². The maximum Gasteiger partial charge on any atom is 0.331 e. The van der Waals surface area contributed by atoms with Gasteiger partial charge in [-0.3, -0.25) is 0 Å². The van der Waals surface area contributed by atoms with Crippen LogP contribution in [-0.2, 0) is 9.53 Å². The van der Waals surface area contributed by atoms with Crippen molar-refractivity contribution in [1.82, 2.24) is 0 Å². The molecule has 0 amide bonds. The molecule has 0 aliphatic carbocycles. The quantitative estimate of drug-likeness (QED) is 0.600. The van der Waals surface area contributed by atoms with Crippen LogP contribution in [0.15, 0.2) is 60.7 Å². The van der Waals surface area contributed by atoms with Crippen LogP contribution in [0.4, 0.5) is 0 Å². The molecule has 0 aromatic heterocycles. The van der Waals surface area contributed by atoms with E-state index in [1.165, 1.54) is 6.08 Å². The van der Waals surface area contributed by atoms with Gasteiger partial charge in [-0.2, -0.15) is 0 Å². The van der Waals surface area contributed by atoms with Gasteiger partial charge in [0.1, 0.15) is 6.10 Å². The number of carbonyl (C=O) groups is 1. The predicted octanol–water partition coefficient (Wildman–Crippen LogP) is 2.63. The van der Waals surface area contributed by atoms with Crippen LogP contribution in [0.1, 0.15) is 24.8 Å². The van der Waals surface area contributed by atoms with E-state index >= 15 is 0 Å². The fourth-order valence-corrected chi connectivity index (χ4v) is 2.28. The van der Waals surface area contributed by atoms with E-state index in [1.807, 2.05) is 36.4 Å². The predicted molar refractivity (Wildman–Crippen MR) is 89.5 cm³/mol. The van der Waals surface area contributed by atoms with Gasteiger partial charge in [0, 0.05) is 18.9 Å². The molecule has 1 aromatic rings. The summed E-state index contributed by atoms with van der Waals surface area (Å²) >= 11 is 0. The first kappa shape index (κ1) is 17.2. The zero-order valence-corrected chi connectivity index (χ0v) is 12.9. The Bertz CT molecular complexity index is 574. The molecule has 1 aliphatic heterocycles. The Morgan fingerprint density at radius 2 is 2.04 bits per heavy atom. The van der Waals surface area contributed by atoms with Crippen LogP contribution in [0.25, 0.3) is 6.08 Å². The minimum absolute atomic E-state index is 0.261. The number of ether oxygens (including phenoxy) is 1. The Labute approximate surface area is 136 Å². The second kappa shape index (κ2) is 9.08. The van der Waals surface area contributed by atoms with E-state index in [4.69, 9.17) is 4.74 Å². The van der Waals surface area contributed by atoms with Crippen molar-refractivity contribution in [3.05, 3.63) is 66.3 Å². The Kier molecular flexibility index (Phi) is 6.78. The lowest BCUT2D eigenvalue weighted by Crippen LogP contribution is -2.18. The summed E-state index contributed by atoms with van der Waals surface area (Å²) in [6.07, 6.45) is 9.98. The van der Waals surface area contributed by atoms with E-state index in [-0.39, 0.29) is 18.5 Å². The average Bonchev–Trinajstić information content (AvgIpc) is 2.54. The molecule has 0 fully saturated rings. The van der Waals surface area contributed by atoms with Crippen LogP contribution in [0.5, 0.6) is 0 Å². The second-order valence-corrected chi connectivity index (χ2v) is 5.50. The summed E-state index contributed by atoms with van der Waals surface area (Å²) in [5.41, 5.74) is 1.01. The SMILES string of the molecule is O=C1C=CC[C@H](/C=C/C[C@H](O)C[C@@H](O)/C=C\c2ccccc2)O1. The first-order valence-electron chi connectivity index (χ1n) is 7.76. The Morgan fingerprint density at radius 1 is 1.26 bits per heavy atom. The molecule has 2 N–H and O–H groups in total. The van der Waals surface area contributed by atoms with Crippen LogP contribution in [0.2, 0.25) is 0 Å². The van der Waals surface area contributed by atoms with Gasteiger partial charge in [-0.05, 0) is 18.1 Å². The van der Waals surface area contributed by atoms with Crippen LogP contribution in [-0.4, -0.2) is 34.5 Å². The standard InChI is InChI=1S/C19H22O4/c20-16(8-4-9-18-10-5-11-19(22)23-18)14-17(21)13-12-15-6-2-1-3-7-15/h1-7,9,11-13,16-18,20-21H,8,10,14H2/b9-4+,13-12-/t16-,17-,18-/m0/s1. The van der Waals surface area contributed by atoms with E-state index in [2.05, 4.69) is 0 Å². The minimum atomic E-state index is -0.700. The number of aliphatic hydroxyl groups excluding tert-OH is 2. The molecule has 0 saturated heterocycles. The first-order chi connectivity index (χ1) is 11.1. The molecule has 122 valence electrons. The zero-order valence-electron chi connectivity index (χ0n) is 12.9. The molecule has 0 saturated carbocycles. The highest BCUT2D eigenvalue weighted by Gasteiger charge is 2.13. The molecule has 4 nitrogen and oxygen atoms in total. The molecule has 23 heavy (non-hydrogen) atoms. The van der Waals surface area contributed by atoms with Gasteiger partial charge in [0.2, 0.25) is 0 Å². The molecule has 0 radical (unpaired) electrons. The van der Waals surface area contributed by atoms with Gasteiger partial charge in [-0.1, -0.05) is 54.6 Å². The summed E-state index contributed by atoms with van der Waals surface area (Å²) in [6.45, 7) is 0. The fraction of sp³-hybridized carbons (Fsp3) is 0.316. The highest BCUT2D eigenvalue weighted by atomic mass is 16.5. The van der Waals surface area contributed by atoms with E-state index in [1.54, 1.807) is 24.3 Å². The summed E-state index contributed by atoms with van der Waals surface area (Å²) in [5, 5.41) is 19.8. The third-order valence-corrected chi connectivity index (χ3v) is 3.47. The topological polar surface area (TPSA) is 66.8 Å². The Balaban J connectivity index is 1.71. The number of cyclic esters (lactones) is 1. The van der Waals surface area contributed by atoms with E-state index in [9.17, 15) is 15.0 Å². The summed E-state index contributed by atoms with van der Waals surface area (Å²) in [6, 6.07) is 9.69. The van der Waals surface area contributed by atoms with E-state index < -0.39 is 12.2 Å². The lowest BCUT2D eigenvalue weighted by atomic mass is 10.1. The molecule has 1 heterocycles. The normalized spacial score (nSPS) is 20.8. The van der Waals surface area contributed by atoms with Gasteiger partial charge in [0.25, 0.3) is 0 Å². The molecule has 2 rings (SSSR count). The minimum Gasteiger partial charge on any atom is -0.455 e. The van der Waals surface area contributed by atoms with Gasteiger partial charge in [0.15, 0.2) is 0 Å². The molecule has 3 atom stereocenters. The number of rotatable bonds is 7. The number of hydrogen-bond donors (Lipinski definition) is 2. The van der Waals surface area contributed by atoms with Gasteiger partial charge < -0.3 is 14.9 Å². The lowest BCUT2D eigenvalue weighted by molar-refractivity contribution is -0.141. The Hall–Kier alpha value is -2.17. The lowest BCUT2D eigenvalue weighted by Gasteiger charge is -2.15. The van der Waals surface area contributed by atoms with Gasteiger partial charge in [-0.15, -0.1) is 0 Å². The number of hydrogen-bond acceptors (Lipinski definition) is 4. The maximum atomic E-state index is 11.1. The molecular weight excluding hydrogens is 292 g/mol. The summed E-state index contributed by atoms with van der Waals surface area (Å²) in [5.74, 6) is -0.340. The zero-order chi connectivity index (χ0) is 16.5. The van der Waals surface area contributed by atoms with Crippen LogP contribution < -0.4 is 0 Å². The number of aliphatic hydroxyl groups is 2. The maximum absolute atomic E-state index is 11.1. The number of carbonyl (C=O) groups excluding carboxylic acids is 1. The van der Waals surface area contributed by atoms with Gasteiger partial charge in [0.05, 0.1) is 12.2 Å². The van der Waals surface area contributed by atoms with Crippen molar-refractivity contribution in [2.24, 2.45) is 0 Å². The third kappa shape index (κ3) is 6.63. The van der Waals surface area contributed by atoms with Crippen LogP contribution in [0.3, 0.4) is 0 Å². The van der Waals surface area contributed by atoms with Crippen molar-refractivity contribution in [2.45, 2.75) is 37.6 Å². The molecule has 1 aromatic carbocycles. The molecule has 0 unspecified atom stereocenters. The number of esters is 1. The summed E-state index contributed by atoms with van der Waals surface area (Å²) in [4.78, 5) is 11.1. The fourth-order valence-electron chi connectivity index (χ4n) is 2.28. The van der Waals surface area contributed by atoms with Crippen molar-refractivity contribution in [3.8, 4) is 0 Å². The van der Waals surface area contributed by atoms with Crippen molar-refractivity contribution in [1.29, 1.82) is 0 Å². The Morgan fingerprint density at radius 3 is 2.78 bits per heavy atom. The average molecular weight is 314 g/mol.